The molecular formula is C17H24Cl2N4O. The molecule has 1 saturated heterocycles. The normalized spacial score (nSPS) is 19.5. The van der Waals surface area contributed by atoms with E-state index in [1.165, 1.54) is 0 Å². The van der Waals surface area contributed by atoms with Gasteiger partial charge in [-0.25, -0.2) is 4.98 Å². The van der Waals surface area contributed by atoms with E-state index < -0.39 is 0 Å². The smallest absolute Gasteiger partial charge is 0.254 e. The lowest BCUT2D eigenvalue weighted by Crippen LogP contribution is -2.34. The zero-order chi connectivity index (χ0) is 15.5. The Morgan fingerprint density at radius 2 is 2.00 bits per heavy atom. The number of hydrogen-bond donors (Lipinski definition) is 1. The number of nitrogens with two attached hydrogens (primary N) is 1. The number of nitrogens with zero attached hydrogens (tertiary/aromatic N) is 3. The second-order valence-corrected chi connectivity index (χ2v) is 6.08. The van der Waals surface area contributed by atoms with E-state index in [2.05, 4.69) is 11.9 Å². The Hall–Kier alpha value is -1.56. The Kier molecular flexibility index (Phi) is 7.73. The molecule has 1 aromatic heterocycles. The highest BCUT2D eigenvalue weighted by molar-refractivity contribution is 5.94. The van der Waals surface area contributed by atoms with Crippen molar-refractivity contribution in [2.24, 2.45) is 11.7 Å². The molecule has 0 bridgehead atoms. The van der Waals surface area contributed by atoms with E-state index in [1.807, 2.05) is 39.9 Å². The number of carbonyl (C=O) groups excluding carboxylic acids is 1. The fourth-order valence-corrected chi connectivity index (χ4v) is 3.11. The fraction of sp³-hybridized carbons (Fsp3) is 0.412. The Morgan fingerprint density at radius 1 is 1.29 bits per heavy atom. The summed E-state index contributed by atoms with van der Waals surface area (Å²) in [5.41, 5.74) is 7.64. The van der Waals surface area contributed by atoms with Gasteiger partial charge in [0.25, 0.3) is 5.91 Å². The second kappa shape index (κ2) is 9.06. The highest BCUT2D eigenvalue weighted by Gasteiger charge is 2.31. The number of benzene rings is 1. The molecule has 132 valence electrons. The van der Waals surface area contributed by atoms with E-state index >= 15 is 0 Å². The SMILES string of the molecule is CC1CC(CN)CN1C(=O)c1ccc(Cn2ccnc2)cc1.Cl.Cl. The minimum atomic E-state index is 0. The molecular weight excluding hydrogens is 347 g/mol. The quantitative estimate of drug-likeness (QED) is 0.899. The van der Waals surface area contributed by atoms with Crippen molar-refractivity contribution in [3.8, 4) is 0 Å². The molecule has 2 heterocycles. The van der Waals surface area contributed by atoms with Crippen LogP contribution in [0.2, 0.25) is 0 Å². The maximum atomic E-state index is 12.6. The molecule has 1 aliphatic heterocycles. The number of likely N-dealkylation sites (tertiary alicyclic amines) is 1. The van der Waals surface area contributed by atoms with Gasteiger partial charge in [0, 0.05) is 37.1 Å². The molecule has 2 N–H and O–H groups in total. The summed E-state index contributed by atoms with van der Waals surface area (Å²) in [6.07, 6.45) is 6.48. The van der Waals surface area contributed by atoms with Crippen LogP contribution in [0.1, 0.15) is 29.3 Å². The van der Waals surface area contributed by atoms with E-state index in [0.717, 1.165) is 30.6 Å². The Balaban J connectivity index is 0.00000144. The first kappa shape index (κ1) is 20.5. The third-order valence-corrected chi connectivity index (χ3v) is 4.38. The maximum Gasteiger partial charge on any atom is 0.254 e. The molecule has 7 heteroatoms. The molecule has 1 fully saturated rings. The van der Waals surface area contributed by atoms with E-state index in [4.69, 9.17) is 5.73 Å². The number of hydrogen-bond acceptors (Lipinski definition) is 3. The summed E-state index contributed by atoms with van der Waals surface area (Å²) in [6.45, 7) is 4.29. The summed E-state index contributed by atoms with van der Waals surface area (Å²) in [7, 11) is 0. The van der Waals surface area contributed by atoms with Gasteiger partial charge in [-0.1, -0.05) is 12.1 Å². The third-order valence-electron chi connectivity index (χ3n) is 4.38. The fourth-order valence-electron chi connectivity index (χ4n) is 3.11. The Morgan fingerprint density at radius 3 is 2.54 bits per heavy atom. The van der Waals surface area contributed by atoms with Crippen LogP contribution in [0.3, 0.4) is 0 Å². The van der Waals surface area contributed by atoms with Gasteiger partial charge >= 0.3 is 0 Å². The van der Waals surface area contributed by atoms with Crippen LogP contribution in [0, 0.1) is 5.92 Å². The van der Waals surface area contributed by atoms with Crippen LogP contribution in [0.4, 0.5) is 0 Å². The first-order valence-corrected chi connectivity index (χ1v) is 7.73. The van der Waals surface area contributed by atoms with Gasteiger partial charge in [0.2, 0.25) is 0 Å². The standard InChI is InChI=1S/C17H22N4O.2ClH/c1-13-8-15(9-18)11-21(13)17(22)16-4-2-14(3-5-16)10-20-7-6-19-12-20;;/h2-7,12-13,15H,8-11,18H2,1H3;2*1H. The predicted molar refractivity (Wildman–Crippen MR) is 99.9 cm³/mol. The zero-order valence-corrected chi connectivity index (χ0v) is 15.3. The maximum absolute atomic E-state index is 12.6. The lowest BCUT2D eigenvalue weighted by Gasteiger charge is -2.21. The van der Waals surface area contributed by atoms with Gasteiger partial charge in [0.1, 0.15) is 0 Å². The number of halogens is 2. The topological polar surface area (TPSA) is 64.2 Å². The Bertz CT molecular complexity index is 631. The average Bonchev–Trinajstić information content (AvgIpc) is 3.17. The summed E-state index contributed by atoms with van der Waals surface area (Å²) in [5.74, 6) is 0.539. The van der Waals surface area contributed by atoms with Gasteiger partial charge in [-0.15, -0.1) is 24.8 Å². The van der Waals surface area contributed by atoms with Crippen LogP contribution >= 0.6 is 24.8 Å². The zero-order valence-electron chi connectivity index (χ0n) is 13.7. The van der Waals surface area contributed by atoms with Crippen molar-refractivity contribution >= 4 is 30.7 Å². The molecule has 2 atom stereocenters. The van der Waals surface area contributed by atoms with Crippen LogP contribution in [-0.4, -0.2) is 39.5 Å². The number of aromatic nitrogens is 2. The molecule has 1 aromatic carbocycles. The highest BCUT2D eigenvalue weighted by Crippen LogP contribution is 2.24. The van der Waals surface area contributed by atoms with Crippen molar-refractivity contribution in [2.75, 3.05) is 13.1 Å². The molecule has 0 aliphatic carbocycles. The number of rotatable bonds is 4. The van der Waals surface area contributed by atoms with E-state index in [0.29, 0.717) is 12.5 Å². The third kappa shape index (κ3) is 4.50. The van der Waals surface area contributed by atoms with E-state index in [9.17, 15) is 4.79 Å². The van der Waals surface area contributed by atoms with E-state index in [-0.39, 0.29) is 36.8 Å². The van der Waals surface area contributed by atoms with Crippen molar-refractivity contribution < 1.29 is 4.79 Å². The second-order valence-electron chi connectivity index (χ2n) is 6.08. The molecule has 3 rings (SSSR count). The van der Waals surface area contributed by atoms with Crippen molar-refractivity contribution in [1.82, 2.24) is 14.5 Å². The molecule has 2 aromatic rings. The minimum absolute atomic E-state index is 0. The van der Waals surface area contributed by atoms with Crippen LogP contribution in [0.25, 0.3) is 0 Å². The molecule has 0 radical (unpaired) electrons. The number of imidazole rings is 1. The van der Waals surface area contributed by atoms with Crippen molar-refractivity contribution in [3.63, 3.8) is 0 Å². The first-order valence-electron chi connectivity index (χ1n) is 7.73. The monoisotopic (exact) mass is 370 g/mol. The van der Waals surface area contributed by atoms with Gasteiger partial charge in [0.15, 0.2) is 0 Å². The predicted octanol–water partition coefficient (Wildman–Crippen LogP) is 2.58. The first-order chi connectivity index (χ1) is 10.7. The lowest BCUT2D eigenvalue weighted by molar-refractivity contribution is 0.0743. The van der Waals surface area contributed by atoms with Crippen LogP contribution in [0.5, 0.6) is 0 Å². The minimum Gasteiger partial charge on any atom is -0.336 e. The average molecular weight is 371 g/mol. The van der Waals surface area contributed by atoms with Crippen LogP contribution in [-0.2, 0) is 6.54 Å². The van der Waals surface area contributed by atoms with Crippen molar-refractivity contribution in [2.45, 2.75) is 25.9 Å². The molecule has 0 saturated carbocycles. The van der Waals surface area contributed by atoms with Gasteiger partial charge in [0.05, 0.1) is 6.33 Å². The molecule has 1 amide bonds. The summed E-state index contributed by atoms with van der Waals surface area (Å²) < 4.78 is 2.01. The summed E-state index contributed by atoms with van der Waals surface area (Å²) in [5, 5.41) is 0. The molecule has 1 aliphatic rings. The van der Waals surface area contributed by atoms with Crippen molar-refractivity contribution in [3.05, 3.63) is 54.1 Å². The van der Waals surface area contributed by atoms with Gasteiger partial charge in [-0.2, -0.15) is 0 Å². The van der Waals surface area contributed by atoms with Gasteiger partial charge in [-0.05, 0) is 43.5 Å². The lowest BCUT2D eigenvalue weighted by atomic mass is 10.1. The van der Waals surface area contributed by atoms with Crippen molar-refractivity contribution in [1.29, 1.82) is 0 Å². The highest BCUT2D eigenvalue weighted by atomic mass is 35.5. The number of amides is 1. The summed E-state index contributed by atoms with van der Waals surface area (Å²) in [4.78, 5) is 18.6. The summed E-state index contributed by atoms with van der Waals surface area (Å²) in [6, 6.07) is 8.11. The van der Waals surface area contributed by atoms with Crippen LogP contribution < -0.4 is 5.73 Å². The summed E-state index contributed by atoms with van der Waals surface area (Å²) >= 11 is 0. The van der Waals surface area contributed by atoms with Gasteiger partial charge in [-0.3, -0.25) is 4.79 Å². The molecule has 2 unspecified atom stereocenters. The Labute approximate surface area is 155 Å². The largest absolute Gasteiger partial charge is 0.336 e. The van der Waals surface area contributed by atoms with Gasteiger partial charge < -0.3 is 15.2 Å². The van der Waals surface area contributed by atoms with E-state index in [1.54, 1.807) is 12.5 Å². The molecule has 24 heavy (non-hydrogen) atoms. The molecule has 0 spiro atoms. The van der Waals surface area contributed by atoms with Crippen LogP contribution in [0.15, 0.2) is 43.0 Å². The number of carbonyl (C=O) groups is 1. The molecule has 5 nitrogen and oxygen atoms in total.